The Balaban J connectivity index is 2.16. The molecule has 0 aromatic heterocycles. The molecule has 0 saturated carbocycles. The predicted octanol–water partition coefficient (Wildman–Crippen LogP) is 2.74. The number of carbonyl (C=O) groups is 1. The van der Waals surface area contributed by atoms with Gasteiger partial charge in [-0.15, -0.1) is 0 Å². The monoisotopic (exact) mass is 292 g/mol. The van der Waals surface area contributed by atoms with E-state index in [2.05, 4.69) is 5.32 Å². The van der Waals surface area contributed by atoms with Crippen LogP contribution in [0.4, 0.5) is 20.2 Å². The zero-order chi connectivity index (χ0) is 15.4. The number of nitrogen functional groups attached to an aromatic ring is 1. The fraction of sp³-hybridized carbons (Fsp3) is 0.133. The van der Waals surface area contributed by atoms with E-state index < -0.39 is 17.5 Å². The standard InChI is InChI=1S/C15H14F2N2O2/c1-21-13-5-3-2-4-9(13)6-14(20)19-15-11(17)7-10(16)8-12(15)18/h2-5,7-8H,6,18H2,1H3,(H,19,20). The number of rotatable bonds is 4. The summed E-state index contributed by atoms with van der Waals surface area (Å²) < 4.78 is 31.7. The van der Waals surface area contributed by atoms with Gasteiger partial charge in [0.2, 0.25) is 5.91 Å². The predicted molar refractivity (Wildman–Crippen MR) is 76.1 cm³/mol. The van der Waals surface area contributed by atoms with Crippen LogP contribution in [-0.4, -0.2) is 13.0 Å². The summed E-state index contributed by atoms with van der Waals surface area (Å²) in [6, 6.07) is 8.59. The Kier molecular flexibility index (Phi) is 4.37. The number of carbonyl (C=O) groups excluding carboxylic acids is 1. The van der Waals surface area contributed by atoms with Gasteiger partial charge in [0, 0.05) is 11.6 Å². The van der Waals surface area contributed by atoms with Crippen LogP contribution in [-0.2, 0) is 11.2 Å². The number of hydrogen-bond donors (Lipinski definition) is 2. The smallest absolute Gasteiger partial charge is 0.229 e. The molecule has 0 saturated heterocycles. The third-order valence-electron chi connectivity index (χ3n) is 2.89. The third kappa shape index (κ3) is 3.47. The van der Waals surface area contributed by atoms with Gasteiger partial charge < -0.3 is 15.8 Å². The number of benzene rings is 2. The fourth-order valence-electron chi connectivity index (χ4n) is 1.93. The number of anilines is 2. The summed E-state index contributed by atoms with van der Waals surface area (Å²) in [4.78, 5) is 12.0. The Labute approximate surface area is 120 Å². The highest BCUT2D eigenvalue weighted by Crippen LogP contribution is 2.24. The van der Waals surface area contributed by atoms with Crippen LogP contribution >= 0.6 is 0 Å². The molecule has 4 nitrogen and oxygen atoms in total. The van der Waals surface area contributed by atoms with Crippen molar-refractivity contribution in [1.29, 1.82) is 0 Å². The number of hydrogen-bond acceptors (Lipinski definition) is 3. The molecule has 2 aromatic carbocycles. The lowest BCUT2D eigenvalue weighted by molar-refractivity contribution is -0.115. The van der Waals surface area contributed by atoms with Crippen molar-refractivity contribution in [1.82, 2.24) is 0 Å². The van der Waals surface area contributed by atoms with E-state index in [9.17, 15) is 13.6 Å². The van der Waals surface area contributed by atoms with Gasteiger partial charge in [-0.2, -0.15) is 0 Å². The fourth-order valence-corrected chi connectivity index (χ4v) is 1.93. The first-order valence-electron chi connectivity index (χ1n) is 6.17. The molecular weight excluding hydrogens is 278 g/mol. The van der Waals surface area contributed by atoms with Crippen molar-refractivity contribution in [3.63, 3.8) is 0 Å². The van der Waals surface area contributed by atoms with E-state index >= 15 is 0 Å². The lowest BCUT2D eigenvalue weighted by atomic mass is 10.1. The Morgan fingerprint density at radius 2 is 2.00 bits per heavy atom. The molecule has 0 aliphatic heterocycles. The molecule has 0 radical (unpaired) electrons. The maximum atomic E-state index is 13.6. The highest BCUT2D eigenvalue weighted by molar-refractivity contribution is 5.95. The molecule has 0 heterocycles. The summed E-state index contributed by atoms with van der Waals surface area (Å²) in [5.74, 6) is -1.63. The second kappa shape index (κ2) is 6.21. The van der Waals surface area contributed by atoms with Crippen molar-refractivity contribution in [3.05, 3.63) is 53.6 Å². The summed E-state index contributed by atoms with van der Waals surface area (Å²) in [5.41, 5.74) is 5.76. The van der Waals surface area contributed by atoms with Crippen molar-refractivity contribution in [2.45, 2.75) is 6.42 Å². The summed E-state index contributed by atoms with van der Waals surface area (Å²) in [6.07, 6.45) is -0.0136. The molecule has 1 amide bonds. The maximum absolute atomic E-state index is 13.6. The number of methoxy groups -OCH3 is 1. The number of halogens is 2. The van der Waals surface area contributed by atoms with Crippen molar-refractivity contribution in [2.24, 2.45) is 0 Å². The molecule has 3 N–H and O–H groups in total. The van der Waals surface area contributed by atoms with Crippen molar-refractivity contribution >= 4 is 17.3 Å². The van der Waals surface area contributed by atoms with Gasteiger partial charge in [0.05, 0.1) is 19.2 Å². The van der Waals surface area contributed by atoms with E-state index in [0.29, 0.717) is 17.4 Å². The highest BCUT2D eigenvalue weighted by atomic mass is 19.1. The molecule has 0 aliphatic carbocycles. The number of nitrogens with one attached hydrogen (secondary N) is 1. The van der Waals surface area contributed by atoms with Crippen LogP contribution in [0.25, 0.3) is 0 Å². The van der Waals surface area contributed by atoms with Crippen LogP contribution in [0.2, 0.25) is 0 Å². The summed E-state index contributed by atoms with van der Waals surface area (Å²) in [6.45, 7) is 0. The van der Waals surface area contributed by atoms with E-state index in [1.165, 1.54) is 7.11 Å². The molecular formula is C15H14F2N2O2. The Morgan fingerprint density at radius 1 is 1.29 bits per heavy atom. The van der Waals surface area contributed by atoms with Gasteiger partial charge in [-0.1, -0.05) is 18.2 Å². The Morgan fingerprint density at radius 3 is 2.67 bits per heavy atom. The zero-order valence-electron chi connectivity index (χ0n) is 11.3. The van der Waals surface area contributed by atoms with Gasteiger partial charge in [0.15, 0.2) is 5.82 Å². The van der Waals surface area contributed by atoms with Crippen LogP contribution in [0.5, 0.6) is 5.75 Å². The number of para-hydroxylation sites is 1. The lowest BCUT2D eigenvalue weighted by Gasteiger charge is -2.11. The van der Waals surface area contributed by atoms with E-state index in [1.807, 2.05) is 0 Å². The van der Waals surface area contributed by atoms with Gasteiger partial charge in [-0.3, -0.25) is 4.79 Å². The van der Waals surface area contributed by atoms with Gasteiger partial charge >= 0.3 is 0 Å². The molecule has 0 aliphatic rings. The lowest BCUT2D eigenvalue weighted by Crippen LogP contribution is -2.17. The molecule has 2 aromatic rings. The minimum Gasteiger partial charge on any atom is -0.496 e. The largest absolute Gasteiger partial charge is 0.496 e. The van der Waals surface area contributed by atoms with E-state index in [0.717, 1.165) is 6.07 Å². The van der Waals surface area contributed by atoms with Crippen LogP contribution in [0.3, 0.4) is 0 Å². The van der Waals surface area contributed by atoms with Gasteiger partial charge in [0.1, 0.15) is 17.3 Å². The van der Waals surface area contributed by atoms with Gasteiger partial charge in [0.25, 0.3) is 0 Å². The zero-order valence-corrected chi connectivity index (χ0v) is 11.3. The number of ether oxygens (including phenoxy) is 1. The second-order valence-electron chi connectivity index (χ2n) is 4.39. The topological polar surface area (TPSA) is 64.3 Å². The van der Waals surface area contributed by atoms with Crippen LogP contribution < -0.4 is 15.8 Å². The SMILES string of the molecule is COc1ccccc1CC(=O)Nc1c(N)cc(F)cc1F. The van der Waals surface area contributed by atoms with Crippen molar-refractivity contribution in [2.75, 3.05) is 18.2 Å². The van der Waals surface area contributed by atoms with E-state index in [-0.39, 0.29) is 17.8 Å². The van der Waals surface area contributed by atoms with Crippen LogP contribution in [0.1, 0.15) is 5.56 Å². The molecule has 0 bridgehead atoms. The summed E-state index contributed by atoms with van der Waals surface area (Å²) in [5, 5.41) is 2.34. The van der Waals surface area contributed by atoms with Crippen LogP contribution in [0.15, 0.2) is 36.4 Å². The van der Waals surface area contributed by atoms with Crippen molar-refractivity contribution < 1.29 is 18.3 Å². The number of amides is 1. The molecule has 2 rings (SSSR count). The Hall–Kier alpha value is -2.63. The second-order valence-corrected chi connectivity index (χ2v) is 4.39. The maximum Gasteiger partial charge on any atom is 0.229 e. The quantitative estimate of drug-likeness (QED) is 0.852. The molecule has 0 fully saturated rings. The summed E-state index contributed by atoms with van der Waals surface area (Å²) >= 11 is 0. The third-order valence-corrected chi connectivity index (χ3v) is 2.89. The van der Waals surface area contributed by atoms with Crippen LogP contribution in [0, 0.1) is 11.6 Å². The minimum absolute atomic E-state index is 0.0136. The highest BCUT2D eigenvalue weighted by Gasteiger charge is 2.14. The first kappa shape index (κ1) is 14.8. The van der Waals surface area contributed by atoms with Gasteiger partial charge in [-0.05, 0) is 12.1 Å². The number of nitrogens with two attached hydrogens (primary N) is 1. The molecule has 0 unspecified atom stereocenters. The van der Waals surface area contributed by atoms with Crippen molar-refractivity contribution in [3.8, 4) is 5.75 Å². The molecule has 0 atom stereocenters. The van der Waals surface area contributed by atoms with E-state index in [1.54, 1.807) is 24.3 Å². The normalized spacial score (nSPS) is 10.2. The molecule has 21 heavy (non-hydrogen) atoms. The summed E-state index contributed by atoms with van der Waals surface area (Å²) in [7, 11) is 1.49. The molecule has 0 spiro atoms. The van der Waals surface area contributed by atoms with Gasteiger partial charge in [-0.25, -0.2) is 8.78 Å². The Bertz CT molecular complexity index is 651. The average molecular weight is 292 g/mol. The first-order valence-corrected chi connectivity index (χ1v) is 6.17. The van der Waals surface area contributed by atoms with E-state index in [4.69, 9.17) is 10.5 Å². The molecule has 110 valence electrons. The minimum atomic E-state index is -0.916. The first-order chi connectivity index (χ1) is 10.0. The molecule has 6 heteroatoms. The average Bonchev–Trinajstić information content (AvgIpc) is 2.43.